The molecule has 0 fully saturated rings. The lowest BCUT2D eigenvalue weighted by Crippen LogP contribution is -2.27. The van der Waals surface area contributed by atoms with Gasteiger partial charge >= 0.3 is 0 Å². The Morgan fingerprint density at radius 3 is 2.77 bits per heavy atom. The highest BCUT2D eigenvalue weighted by Gasteiger charge is 2.25. The summed E-state index contributed by atoms with van der Waals surface area (Å²) in [6.45, 7) is 0. The van der Waals surface area contributed by atoms with Gasteiger partial charge in [0.25, 0.3) is 5.91 Å². The standard InChI is InChI=1S/C18H12BrFN4OS/c19-13-7-6-12-10-24(23-15(12)14(13)20)16(11-4-2-1-3-5-11)17(25)22-18-21-8-9-26-18/h1-10,16H,(H,21,22,25)/t16-/m1/s1. The Hall–Kier alpha value is -2.58. The van der Waals surface area contributed by atoms with Crippen LogP contribution >= 0.6 is 27.3 Å². The first-order chi connectivity index (χ1) is 12.6. The molecule has 130 valence electrons. The van der Waals surface area contributed by atoms with Gasteiger partial charge in [0, 0.05) is 23.2 Å². The highest BCUT2D eigenvalue weighted by atomic mass is 79.9. The van der Waals surface area contributed by atoms with Crippen LogP contribution in [0, 0.1) is 5.82 Å². The SMILES string of the molecule is O=C(Nc1nccs1)[C@@H](c1ccccc1)n1cc2ccc(Br)c(F)c2n1. The highest BCUT2D eigenvalue weighted by molar-refractivity contribution is 9.10. The molecule has 5 nitrogen and oxygen atoms in total. The molecular weight excluding hydrogens is 419 g/mol. The van der Waals surface area contributed by atoms with Gasteiger partial charge in [0.05, 0.1) is 4.47 Å². The van der Waals surface area contributed by atoms with E-state index < -0.39 is 11.9 Å². The lowest BCUT2D eigenvalue weighted by molar-refractivity contribution is -0.118. The Morgan fingerprint density at radius 2 is 2.04 bits per heavy atom. The third-order valence-corrected chi connectivity index (χ3v) is 5.18. The summed E-state index contributed by atoms with van der Waals surface area (Å²) in [4.78, 5) is 17.0. The Kier molecular flexibility index (Phi) is 4.52. The van der Waals surface area contributed by atoms with Gasteiger partial charge in [-0.15, -0.1) is 11.3 Å². The predicted octanol–water partition coefficient (Wildman–Crippen LogP) is 4.62. The molecule has 0 radical (unpaired) electrons. The van der Waals surface area contributed by atoms with E-state index in [1.54, 1.807) is 29.9 Å². The number of benzene rings is 2. The summed E-state index contributed by atoms with van der Waals surface area (Å²) in [6, 6.07) is 11.9. The summed E-state index contributed by atoms with van der Waals surface area (Å²) in [6.07, 6.45) is 3.29. The van der Waals surface area contributed by atoms with Crippen molar-refractivity contribution in [1.82, 2.24) is 14.8 Å². The number of carbonyl (C=O) groups excluding carboxylic acids is 1. The third kappa shape index (κ3) is 3.13. The van der Waals surface area contributed by atoms with E-state index in [9.17, 15) is 9.18 Å². The van der Waals surface area contributed by atoms with E-state index >= 15 is 0 Å². The molecule has 2 aromatic carbocycles. The predicted molar refractivity (Wildman–Crippen MR) is 103 cm³/mol. The summed E-state index contributed by atoms with van der Waals surface area (Å²) < 4.78 is 16.2. The van der Waals surface area contributed by atoms with Crippen LogP contribution in [0.15, 0.2) is 64.7 Å². The molecule has 0 unspecified atom stereocenters. The minimum absolute atomic E-state index is 0.211. The van der Waals surface area contributed by atoms with Crippen molar-refractivity contribution in [3.05, 3.63) is 76.1 Å². The maximum Gasteiger partial charge on any atom is 0.255 e. The molecule has 1 N–H and O–H groups in total. The zero-order valence-electron chi connectivity index (χ0n) is 13.3. The average Bonchev–Trinajstić information content (AvgIpc) is 3.29. The summed E-state index contributed by atoms with van der Waals surface area (Å²) in [7, 11) is 0. The number of hydrogen-bond donors (Lipinski definition) is 1. The first kappa shape index (κ1) is 16.9. The topological polar surface area (TPSA) is 59.8 Å². The van der Waals surface area contributed by atoms with Crippen molar-refractivity contribution in [1.29, 1.82) is 0 Å². The fourth-order valence-electron chi connectivity index (χ4n) is 2.70. The molecule has 4 rings (SSSR count). The van der Waals surface area contributed by atoms with Crippen LogP contribution in [-0.4, -0.2) is 20.7 Å². The summed E-state index contributed by atoms with van der Waals surface area (Å²) in [5.74, 6) is -0.744. The molecule has 0 aliphatic heterocycles. The van der Waals surface area contributed by atoms with Crippen molar-refractivity contribution >= 4 is 49.2 Å². The van der Waals surface area contributed by atoms with Crippen LogP contribution in [0.1, 0.15) is 11.6 Å². The molecule has 0 saturated heterocycles. The quantitative estimate of drug-likeness (QED) is 0.513. The first-order valence-corrected chi connectivity index (χ1v) is 9.39. The lowest BCUT2D eigenvalue weighted by atomic mass is 10.1. The van der Waals surface area contributed by atoms with Gasteiger partial charge in [0.2, 0.25) is 0 Å². The second kappa shape index (κ2) is 6.97. The molecule has 2 heterocycles. The zero-order chi connectivity index (χ0) is 18.1. The van der Waals surface area contributed by atoms with E-state index in [-0.39, 0.29) is 11.4 Å². The molecule has 0 saturated carbocycles. The van der Waals surface area contributed by atoms with Crippen LogP contribution in [0.5, 0.6) is 0 Å². The van der Waals surface area contributed by atoms with Gasteiger partial charge in [-0.1, -0.05) is 30.3 Å². The van der Waals surface area contributed by atoms with Gasteiger partial charge in [-0.3, -0.25) is 14.8 Å². The summed E-state index contributed by atoms with van der Waals surface area (Å²) in [5, 5.41) is 10.0. The van der Waals surface area contributed by atoms with E-state index in [0.717, 1.165) is 5.56 Å². The number of rotatable bonds is 4. The van der Waals surface area contributed by atoms with Gasteiger partial charge in [-0.2, -0.15) is 5.10 Å². The molecule has 26 heavy (non-hydrogen) atoms. The van der Waals surface area contributed by atoms with Crippen LogP contribution in [0.2, 0.25) is 0 Å². The van der Waals surface area contributed by atoms with Crippen LogP contribution in [-0.2, 0) is 4.79 Å². The molecule has 0 bridgehead atoms. The van der Waals surface area contributed by atoms with Crippen molar-refractivity contribution in [3.8, 4) is 0 Å². The lowest BCUT2D eigenvalue weighted by Gasteiger charge is -2.17. The van der Waals surface area contributed by atoms with Gasteiger partial charge in [0.15, 0.2) is 17.0 Å². The number of nitrogens with one attached hydrogen (secondary N) is 1. The van der Waals surface area contributed by atoms with Crippen molar-refractivity contribution in [2.24, 2.45) is 0 Å². The van der Waals surface area contributed by atoms with Crippen molar-refractivity contribution < 1.29 is 9.18 Å². The highest BCUT2D eigenvalue weighted by Crippen LogP contribution is 2.27. The Balaban J connectivity index is 1.80. The number of carbonyl (C=O) groups is 1. The fourth-order valence-corrected chi connectivity index (χ4v) is 3.55. The number of halogens is 2. The maximum atomic E-state index is 14.4. The second-order valence-corrected chi connectivity index (χ2v) is 7.30. The Morgan fingerprint density at radius 1 is 1.23 bits per heavy atom. The largest absolute Gasteiger partial charge is 0.300 e. The smallest absolute Gasteiger partial charge is 0.255 e. The summed E-state index contributed by atoms with van der Waals surface area (Å²) in [5.41, 5.74) is 0.955. The minimum Gasteiger partial charge on any atom is -0.300 e. The first-order valence-electron chi connectivity index (χ1n) is 7.71. The molecule has 1 amide bonds. The monoisotopic (exact) mass is 430 g/mol. The van der Waals surface area contributed by atoms with Gasteiger partial charge in [0.1, 0.15) is 5.52 Å². The van der Waals surface area contributed by atoms with E-state index in [4.69, 9.17) is 0 Å². The van der Waals surface area contributed by atoms with E-state index in [1.807, 2.05) is 30.3 Å². The van der Waals surface area contributed by atoms with E-state index in [2.05, 4.69) is 31.3 Å². The van der Waals surface area contributed by atoms with Gasteiger partial charge < -0.3 is 0 Å². The Bertz CT molecular complexity index is 1070. The molecule has 1 atom stereocenters. The molecule has 8 heteroatoms. The van der Waals surface area contributed by atoms with Crippen molar-refractivity contribution in [2.75, 3.05) is 5.32 Å². The number of aromatic nitrogens is 3. The number of fused-ring (bicyclic) bond motifs is 1. The van der Waals surface area contributed by atoms with Crippen LogP contribution < -0.4 is 5.32 Å². The molecular formula is C18H12BrFN4OS. The number of amides is 1. The third-order valence-electron chi connectivity index (χ3n) is 3.88. The van der Waals surface area contributed by atoms with Crippen LogP contribution in [0.25, 0.3) is 10.9 Å². The number of anilines is 1. The molecule has 2 aromatic heterocycles. The molecule has 0 aliphatic rings. The average molecular weight is 431 g/mol. The molecule has 4 aromatic rings. The number of thiazole rings is 1. The van der Waals surface area contributed by atoms with Gasteiger partial charge in [-0.25, -0.2) is 9.37 Å². The van der Waals surface area contributed by atoms with Gasteiger partial charge in [-0.05, 0) is 33.6 Å². The normalized spacial score (nSPS) is 12.2. The second-order valence-electron chi connectivity index (χ2n) is 5.55. The molecule has 0 spiro atoms. The molecule has 0 aliphatic carbocycles. The summed E-state index contributed by atoms with van der Waals surface area (Å²) >= 11 is 4.50. The van der Waals surface area contributed by atoms with Crippen molar-refractivity contribution in [3.63, 3.8) is 0 Å². The van der Waals surface area contributed by atoms with E-state index in [1.165, 1.54) is 16.0 Å². The maximum absolute atomic E-state index is 14.4. The van der Waals surface area contributed by atoms with Crippen LogP contribution in [0.4, 0.5) is 9.52 Å². The van der Waals surface area contributed by atoms with E-state index in [0.29, 0.717) is 15.0 Å². The van der Waals surface area contributed by atoms with Crippen LogP contribution in [0.3, 0.4) is 0 Å². The van der Waals surface area contributed by atoms with Crippen molar-refractivity contribution in [2.45, 2.75) is 6.04 Å². The Labute approximate surface area is 160 Å². The number of hydrogen-bond acceptors (Lipinski definition) is 4. The number of nitrogens with zero attached hydrogens (tertiary/aromatic N) is 3. The minimum atomic E-state index is -0.745. The zero-order valence-corrected chi connectivity index (χ0v) is 15.7. The fraction of sp³-hybridized carbons (Fsp3) is 0.0556.